The average molecular weight is 410 g/mol. The first-order chi connectivity index (χ1) is 14.0. The number of nitrogens with one attached hydrogen (secondary N) is 1. The molecule has 0 fully saturated rings. The maximum Gasteiger partial charge on any atom is 0.338 e. The fraction of sp³-hybridized carbons (Fsp3) is 0.130. The minimum atomic E-state index is -0.465. The lowest BCUT2D eigenvalue weighted by atomic mass is 10.1. The zero-order valence-corrected chi connectivity index (χ0v) is 16.8. The van der Waals surface area contributed by atoms with Crippen molar-refractivity contribution in [2.24, 2.45) is 0 Å². The van der Waals surface area contributed by atoms with Crippen molar-refractivity contribution in [1.29, 1.82) is 0 Å². The number of hydrogen-bond acceptors (Lipinski definition) is 4. The molecule has 1 N–H and O–H groups in total. The van der Waals surface area contributed by atoms with Crippen LogP contribution >= 0.6 is 11.6 Å². The Hall–Kier alpha value is -3.31. The van der Waals surface area contributed by atoms with Crippen molar-refractivity contribution >= 4 is 29.2 Å². The van der Waals surface area contributed by atoms with E-state index in [9.17, 15) is 9.59 Å². The average Bonchev–Trinajstić information content (AvgIpc) is 2.74. The topological polar surface area (TPSA) is 64.6 Å². The van der Waals surface area contributed by atoms with Gasteiger partial charge in [-0.1, -0.05) is 48.0 Å². The van der Waals surface area contributed by atoms with Crippen LogP contribution in [0.15, 0.2) is 66.7 Å². The molecule has 29 heavy (non-hydrogen) atoms. The van der Waals surface area contributed by atoms with Crippen LogP contribution in [0.5, 0.6) is 5.75 Å². The Labute approximate surface area is 174 Å². The molecule has 0 spiro atoms. The monoisotopic (exact) mass is 409 g/mol. The molecular formula is C23H20ClNO4. The van der Waals surface area contributed by atoms with E-state index in [4.69, 9.17) is 21.1 Å². The van der Waals surface area contributed by atoms with E-state index in [1.54, 1.807) is 43.3 Å². The maximum atomic E-state index is 12.9. The number of halogens is 1. The van der Waals surface area contributed by atoms with Crippen molar-refractivity contribution in [3.63, 3.8) is 0 Å². The highest BCUT2D eigenvalue weighted by Crippen LogP contribution is 2.26. The Morgan fingerprint density at radius 3 is 2.45 bits per heavy atom. The van der Waals surface area contributed by atoms with Gasteiger partial charge in [0.05, 0.1) is 18.2 Å². The molecule has 0 aliphatic rings. The molecule has 3 aromatic carbocycles. The molecule has 0 aliphatic carbocycles. The minimum absolute atomic E-state index is 0.302. The third-order valence-electron chi connectivity index (χ3n) is 4.41. The van der Waals surface area contributed by atoms with Gasteiger partial charge in [-0.2, -0.15) is 0 Å². The number of rotatable bonds is 6. The normalized spacial score (nSPS) is 10.3. The van der Waals surface area contributed by atoms with Gasteiger partial charge in [-0.15, -0.1) is 0 Å². The van der Waals surface area contributed by atoms with E-state index < -0.39 is 5.97 Å². The van der Waals surface area contributed by atoms with E-state index in [-0.39, 0.29) is 5.91 Å². The van der Waals surface area contributed by atoms with Gasteiger partial charge in [-0.3, -0.25) is 4.79 Å². The molecule has 0 saturated heterocycles. The van der Waals surface area contributed by atoms with Gasteiger partial charge in [0.2, 0.25) is 0 Å². The molecule has 148 valence electrons. The number of carbonyl (C=O) groups is 2. The molecule has 0 atom stereocenters. The van der Waals surface area contributed by atoms with E-state index in [1.807, 2.05) is 30.3 Å². The lowest BCUT2D eigenvalue weighted by Crippen LogP contribution is -2.16. The Bertz CT molecular complexity index is 1030. The Kier molecular flexibility index (Phi) is 6.52. The van der Waals surface area contributed by atoms with Crippen molar-refractivity contribution in [2.75, 3.05) is 12.4 Å². The van der Waals surface area contributed by atoms with Crippen LogP contribution in [0.2, 0.25) is 5.02 Å². The smallest absolute Gasteiger partial charge is 0.338 e. The van der Waals surface area contributed by atoms with Crippen LogP contribution < -0.4 is 10.1 Å². The number of anilines is 1. The predicted octanol–water partition coefficient (Wildman–Crippen LogP) is 5.27. The summed E-state index contributed by atoms with van der Waals surface area (Å²) in [7, 11) is 1.31. The molecule has 0 saturated carbocycles. The Morgan fingerprint density at radius 2 is 1.72 bits per heavy atom. The quantitative estimate of drug-likeness (QED) is 0.563. The number of carbonyl (C=O) groups excluding carboxylic acids is 2. The number of hydrogen-bond donors (Lipinski definition) is 1. The summed E-state index contributed by atoms with van der Waals surface area (Å²) in [5.74, 6) is -0.438. The summed E-state index contributed by atoms with van der Waals surface area (Å²) in [6.07, 6.45) is 0. The SMILES string of the molecule is COC(=O)c1cccc(NC(=O)c2cc(Cl)ccc2OCc2ccccc2)c1C. The van der Waals surface area contributed by atoms with Crippen LogP contribution in [0.4, 0.5) is 5.69 Å². The van der Waals surface area contributed by atoms with Crippen molar-refractivity contribution in [3.05, 3.63) is 94.0 Å². The van der Waals surface area contributed by atoms with Gasteiger partial charge in [0, 0.05) is 10.7 Å². The summed E-state index contributed by atoms with van der Waals surface area (Å²) in [4.78, 5) is 24.8. The lowest BCUT2D eigenvalue weighted by molar-refractivity contribution is 0.0599. The van der Waals surface area contributed by atoms with Crippen molar-refractivity contribution in [2.45, 2.75) is 13.5 Å². The van der Waals surface area contributed by atoms with Gasteiger partial charge in [0.1, 0.15) is 12.4 Å². The summed E-state index contributed by atoms with van der Waals surface area (Å²) >= 11 is 6.10. The van der Waals surface area contributed by atoms with Gasteiger partial charge in [-0.05, 0) is 48.4 Å². The molecule has 0 aromatic heterocycles. The molecule has 1 amide bonds. The number of esters is 1. The number of methoxy groups -OCH3 is 1. The Morgan fingerprint density at radius 1 is 0.966 bits per heavy atom. The van der Waals surface area contributed by atoms with Gasteiger partial charge in [0.25, 0.3) is 5.91 Å². The van der Waals surface area contributed by atoms with Crippen LogP contribution in [-0.4, -0.2) is 19.0 Å². The standard InChI is InChI=1S/C23H20ClNO4/c1-15-18(23(27)28-2)9-6-10-20(15)25-22(26)19-13-17(24)11-12-21(19)29-14-16-7-4-3-5-8-16/h3-13H,14H2,1-2H3,(H,25,26). The third kappa shape index (κ3) is 4.95. The van der Waals surface area contributed by atoms with Crippen molar-refractivity contribution in [3.8, 4) is 5.75 Å². The Balaban J connectivity index is 1.84. The van der Waals surface area contributed by atoms with E-state index in [2.05, 4.69) is 5.32 Å². The number of amides is 1. The highest BCUT2D eigenvalue weighted by molar-refractivity contribution is 6.31. The second-order valence-corrected chi connectivity index (χ2v) is 6.78. The largest absolute Gasteiger partial charge is 0.488 e. The number of ether oxygens (including phenoxy) is 2. The summed E-state index contributed by atoms with van der Waals surface area (Å²) < 4.78 is 10.6. The highest BCUT2D eigenvalue weighted by Gasteiger charge is 2.17. The van der Waals surface area contributed by atoms with Gasteiger partial charge >= 0.3 is 5.97 Å². The summed E-state index contributed by atoms with van der Waals surface area (Å²) in [5, 5.41) is 3.25. The molecular weight excluding hydrogens is 390 g/mol. The van der Waals surface area contributed by atoms with E-state index in [1.165, 1.54) is 7.11 Å². The third-order valence-corrected chi connectivity index (χ3v) is 4.65. The molecule has 0 aliphatic heterocycles. The fourth-order valence-corrected chi connectivity index (χ4v) is 3.00. The molecule has 3 rings (SSSR count). The molecule has 0 heterocycles. The van der Waals surface area contributed by atoms with Gasteiger partial charge in [0.15, 0.2) is 0 Å². The number of benzene rings is 3. The molecule has 3 aromatic rings. The van der Waals surface area contributed by atoms with E-state index in [0.717, 1.165) is 5.56 Å². The lowest BCUT2D eigenvalue weighted by Gasteiger charge is -2.14. The minimum Gasteiger partial charge on any atom is -0.488 e. The van der Waals surface area contributed by atoms with Crippen LogP contribution in [0.25, 0.3) is 0 Å². The zero-order valence-electron chi connectivity index (χ0n) is 16.1. The van der Waals surface area contributed by atoms with Crippen molar-refractivity contribution < 1.29 is 19.1 Å². The van der Waals surface area contributed by atoms with Crippen LogP contribution in [0.1, 0.15) is 31.8 Å². The predicted molar refractivity (Wildman–Crippen MR) is 113 cm³/mol. The van der Waals surface area contributed by atoms with Crippen LogP contribution in [-0.2, 0) is 11.3 Å². The van der Waals surface area contributed by atoms with Crippen molar-refractivity contribution in [1.82, 2.24) is 0 Å². The second-order valence-electron chi connectivity index (χ2n) is 6.34. The van der Waals surface area contributed by atoms with Crippen LogP contribution in [0.3, 0.4) is 0 Å². The summed E-state index contributed by atoms with van der Waals surface area (Å²) in [6.45, 7) is 2.06. The fourth-order valence-electron chi connectivity index (χ4n) is 2.83. The van der Waals surface area contributed by atoms with Gasteiger partial charge < -0.3 is 14.8 Å². The van der Waals surface area contributed by atoms with Gasteiger partial charge in [-0.25, -0.2) is 4.79 Å². The molecule has 0 unspecified atom stereocenters. The first-order valence-corrected chi connectivity index (χ1v) is 9.33. The molecule has 5 nitrogen and oxygen atoms in total. The second kappa shape index (κ2) is 9.26. The van der Waals surface area contributed by atoms with E-state index in [0.29, 0.717) is 39.8 Å². The summed E-state index contributed by atoms with van der Waals surface area (Å²) in [6, 6.07) is 19.6. The molecule has 0 radical (unpaired) electrons. The van der Waals surface area contributed by atoms with E-state index >= 15 is 0 Å². The first-order valence-electron chi connectivity index (χ1n) is 8.95. The molecule has 0 bridgehead atoms. The maximum absolute atomic E-state index is 12.9. The molecule has 6 heteroatoms. The van der Waals surface area contributed by atoms with Crippen LogP contribution in [0, 0.1) is 6.92 Å². The first kappa shape index (κ1) is 20.4. The summed E-state index contributed by atoms with van der Waals surface area (Å²) in [5.41, 5.74) is 2.79. The highest BCUT2D eigenvalue weighted by atomic mass is 35.5. The zero-order chi connectivity index (χ0) is 20.8.